The van der Waals surface area contributed by atoms with E-state index >= 15 is 0 Å². The number of amides is 1. The van der Waals surface area contributed by atoms with Gasteiger partial charge in [-0.1, -0.05) is 36.4 Å². The zero-order chi connectivity index (χ0) is 23.0. The lowest BCUT2D eigenvalue weighted by Crippen LogP contribution is -2.39. The molecule has 4 rings (SSSR count). The molecule has 2 aromatic carbocycles. The normalized spacial score (nSPS) is 21.8. The number of carbonyl (C=O) groups excluding carboxylic acids is 1. The highest BCUT2D eigenvalue weighted by Gasteiger charge is 2.36. The van der Waals surface area contributed by atoms with E-state index in [4.69, 9.17) is 4.74 Å². The minimum absolute atomic E-state index is 0.00965. The van der Waals surface area contributed by atoms with Gasteiger partial charge in [0.25, 0.3) is 0 Å². The second kappa shape index (κ2) is 11.6. The number of ether oxygens (including phenoxy) is 1. The lowest BCUT2D eigenvalue weighted by Gasteiger charge is -2.24. The Morgan fingerprint density at radius 1 is 1.03 bits per heavy atom. The van der Waals surface area contributed by atoms with Crippen LogP contribution in [-0.4, -0.2) is 63.7 Å². The first-order valence-electron chi connectivity index (χ1n) is 12.2. The van der Waals surface area contributed by atoms with Crippen LogP contribution in [0.15, 0.2) is 48.5 Å². The van der Waals surface area contributed by atoms with E-state index in [0.29, 0.717) is 12.6 Å². The molecule has 0 aliphatic carbocycles. The van der Waals surface area contributed by atoms with Gasteiger partial charge in [-0.2, -0.15) is 0 Å². The van der Waals surface area contributed by atoms with Crippen molar-refractivity contribution < 1.29 is 9.53 Å². The summed E-state index contributed by atoms with van der Waals surface area (Å²) >= 11 is 0. The monoisotopic (exact) mass is 450 g/mol. The predicted octanol–water partition coefficient (Wildman–Crippen LogP) is 2.54. The van der Waals surface area contributed by atoms with Gasteiger partial charge in [-0.25, -0.2) is 0 Å². The van der Waals surface area contributed by atoms with Crippen LogP contribution >= 0.6 is 0 Å². The minimum atomic E-state index is -0.00965. The van der Waals surface area contributed by atoms with Gasteiger partial charge in [-0.15, -0.1) is 0 Å². The number of nitrogens with zero attached hydrogens (tertiary/aromatic N) is 1. The molecule has 2 fully saturated rings. The van der Waals surface area contributed by atoms with Gasteiger partial charge >= 0.3 is 0 Å². The number of hydrogen-bond donors (Lipinski definition) is 3. The van der Waals surface area contributed by atoms with Crippen molar-refractivity contribution in [1.82, 2.24) is 20.9 Å². The summed E-state index contributed by atoms with van der Waals surface area (Å²) < 4.78 is 5.21. The SMILES string of the molecule is COc1ccc(CCNC(=O)[C@@H]2CN(C)C[C@@H]2c2ccc(CNC3CCNCC3)cc2)cc1. The Kier molecular flexibility index (Phi) is 8.37. The molecule has 2 aliphatic heterocycles. The summed E-state index contributed by atoms with van der Waals surface area (Å²) in [6, 6.07) is 17.5. The van der Waals surface area contributed by atoms with E-state index in [0.717, 1.165) is 44.9 Å². The van der Waals surface area contributed by atoms with Crippen molar-refractivity contribution in [2.45, 2.75) is 37.8 Å². The summed E-state index contributed by atoms with van der Waals surface area (Å²) in [5, 5.41) is 10.3. The van der Waals surface area contributed by atoms with Crippen molar-refractivity contribution in [3.8, 4) is 5.75 Å². The second-order valence-corrected chi connectivity index (χ2v) is 9.47. The van der Waals surface area contributed by atoms with Gasteiger partial charge in [0, 0.05) is 38.1 Å². The van der Waals surface area contributed by atoms with Crippen LogP contribution in [-0.2, 0) is 17.8 Å². The highest BCUT2D eigenvalue weighted by atomic mass is 16.5. The number of methoxy groups -OCH3 is 1. The first-order chi connectivity index (χ1) is 16.1. The topological polar surface area (TPSA) is 65.6 Å². The highest BCUT2D eigenvalue weighted by molar-refractivity contribution is 5.80. The van der Waals surface area contributed by atoms with Gasteiger partial charge in [0.1, 0.15) is 5.75 Å². The van der Waals surface area contributed by atoms with Gasteiger partial charge in [0.2, 0.25) is 5.91 Å². The molecule has 0 radical (unpaired) electrons. The summed E-state index contributed by atoms with van der Waals surface area (Å²) in [6.45, 7) is 5.50. The largest absolute Gasteiger partial charge is 0.497 e. The maximum atomic E-state index is 13.0. The van der Waals surface area contributed by atoms with Crippen molar-refractivity contribution in [2.75, 3.05) is 46.9 Å². The number of hydrogen-bond acceptors (Lipinski definition) is 5. The molecule has 178 valence electrons. The van der Waals surface area contributed by atoms with Crippen molar-refractivity contribution in [2.24, 2.45) is 5.92 Å². The number of likely N-dealkylation sites (N-methyl/N-ethyl adjacent to an activating group) is 1. The quantitative estimate of drug-likeness (QED) is 0.548. The van der Waals surface area contributed by atoms with Gasteiger partial charge in [0.05, 0.1) is 13.0 Å². The van der Waals surface area contributed by atoms with Crippen LogP contribution in [0.3, 0.4) is 0 Å². The Labute approximate surface area is 198 Å². The molecular formula is C27H38N4O2. The van der Waals surface area contributed by atoms with E-state index in [-0.39, 0.29) is 17.7 Å². The maximum Gasteiger partial charge on any atom is 0.225 e. The van der Waals surface area contributed by atoms with Crippen LogP contribution in [0.5, 0.6) is 5.75 Å². The molecule has 3 N–H and O–H groups in total. The first-order valence-corrected chi connectivity index (χ1v) is 12.2. The van der Waals surface area contributed by atoms with E-state index in [2.05, 4.69) is 64.3 Å². The third-order valence-electron chi connectivity index (χ3n) is 7.05. The number of nitrogens with one attached hydrogen (secondary N) is 3. The Balaban J connectivity index is 1.29. The van der Waals surface area contributed by atoms with E-state index in [1.54, 1.807) is 7.11 Å². The van der Waals surface area contributed by atoms with E-state index in [1.165, 1.54) is 29.5 Å². The van der Waals surface area contributed by atoms with E-state index < -0.39 is 0 Å². The number of benzene rings is 2. The molecule has 33 heavy (non-hydrogen) atoms. The average molecular weight is 451 g/mol. The molecule has 0 unspecified atom stereocenters. The lowest BCUT2D eigenvalue weighted by atomic mass is 9.88. The fraction of sp³-hybridized carbons (Fsp3) is 0.519. The number of piperidine rings is 1. The summed E-state index contributed by atoms with van der Waals surface area (Å²) in [5.41, 5.74) is 3.77. The molecule has 0 spiro atoms. The zero-order valence-electron chi connectivity index (χ0n) is 20.0. The molecule has 2 aromatic rings. The molecule has 1 amide bonds. The molecule has 0 saturated carbocycles. The smallest absolute Gasteiger partial charge is 0.225 e. The van der Waals surface area contributed by atoms with Crippen LogP contribution in [0.25, 0.3) is 0 Å². The van der Waals surface area contributed by atoms with Crippen LogP contribution in [0.2, 0.25) is 0 Å². The summed E-state index contributed by atoms with van der Waals surface area (Å²) in [4.78, 5) is 15.3. The van der Waals surface area contributed by atoms with Crippen molar-refractivity contribution >= 4 is 5.91 Å². The van der Waals surface area contributed by atoms with Crippen molar-refractivity contribution in [3.05, 3.63) is 65.2 Å². The zero-order valence-corrected chi connectivity index (χ0v) is 20.0. The van der Waals surface area contributed by atoms with Gasteiger partial charge in [-0.3, -0.25) is 4.79 Å². The molecular weight excluding hydrogens is 412 g/mol. The Hall–Kier alpha value is -2.41. The molecule has 0 bridgehead atoms. The van der Waals surface area contributed by atoms with Crippen LogP contribution in [0.4, 0.5) is 0 Å². The fourth-order valence-electron chi connectivity index (χ4n) is 5.03. The highest BCUT2D eigenvalue weighted by Crippen LogP contribution is 2.32. The number of rotatable bonds is 9. The number of carbonyl (C=O) groups is 1. The third kappa shape index (κ3) is 6.56. The molecule has 2 atom stereocenters. The summed E-state index contributed by atoms with van der Waals surface area (Å²) in [5.74, 6) is 1.24. The van der Waals surface area contributed by atoms with Crippen LogP contribution in [0.1, 0.15) is 35.4 Å². The second-order valence-electron chi connectivity index (χ2n) is 9.47. The predicted molar refractivity (Wildman–Crippen MR) is 133 cm³/mol. The molecule has 2 heterocycles. The fourth-order valence-corrected chi connectivity index (χ4v) is 5.03. The van der Waals surface area contributed by atoms with E-state index in [1.807, 2.05) is 12.1 Å². The molecule has 0 aromatic heterocycles. The maximum absolute atomic E-state index is 13.0. The lowest BCUT2D eigenvalue weighted by molar-refractivity contribution is -0.124. The Bertz CT molecular complexity index is 878. The summed E-state index contributed by atoms with van der Waals surface area (Å²) in [7, 11) is 3.78. The van der Waals surface area contributed by atoms with Crippen molar-refractivity contribution in [3.63, 3.8) is 0 Å². The first kappa shape index (κ1) is 23.7. The number of likely N-dealkylation sites (tertiary alicyclic amines) is 1. The molecule has 2 saturated heterocycles. The summed E-state index contributed by atoms with van der Waals surface area (Å²) in [6.07, 6.45) is 3.21. The third-order valence-corrected chi connectivity index (χ3v) is 7.05. The van der Waals surface area contributed by atoms with Crippen LogP contribution in [0, 0.1) is 5.92 Å². The Morgan fingerprint density at radius 2 is 1.73 bits per heavy atom. The van der Waals surface area contributed by atoms with Crippen LogP contribution < -0.4 is 20.7 Å². The van der Waals surface area contributed by atoms with E-state index in [9.17, 15) is 4.79 Å². The van der Waals surface area contributed by atoms with Crippen molar-refractivity contribution in [1.29, 1.82) is 0 Å². The minimum Gasteiger partial charge on any atom is -0.497 e. The molecule has 6 heteroatoms. The standard InChI is InChI=1S/C27H38N4O2/c1-31-18-25(22-7-3-21(4-8-22)17-30-23-12-14-28-15-13-23)26(19-31)27(32)29-16-11-20-5-9-24(33-2)10-6-20/h3-10,23,25-26,28,30H,11-19H2,1-2H3,(H,29,32)/t25-,26-/m1/s1. The molecule has 2 aliphatic rings. The van der Waals surface area contributed by atoms with Gasteiger partial charge < -0.3 is 25.6 Å². The molecule has 6 nitrogen and oxygen atoms in total. The Morgan fingerprint density at radius 3 is 2.42 bits per heavy atom. The van der Waals surface area contributed by atoms with Gasteiger partial charge in [0.15, 0.2) is 0 Å². The van der Waals surface area contributed by atoms with Gasteiger partial charge in [-0.05, 0) is 68.2 Å². The average Bonchev–Trinajstić information content (AvgIpc) is 3.26.